The molecule has 21 heavy (non-hydrogen) atoms. The summed E-state index contributed by atoms with van der Waals surface area (Å²) in [6, 6.07) is 9.54. The van der Waals surface area contributed by atoms with Crippen LogP contribution in [0.2, 0.25) is 0 Å². The maximum Gasteiger partial charge on any atom is 0.159 e. The van der Waals surface area contributed by atoms with Crippen molar-refractivity contribution in [3.63, 3.8) is 0 Å². The third kappa shape index (κ3) is 2.20. The maximum atomic E-state index is 13.4. The molecule has 0 bridgehead atoms. The SMILES string of the molecule is CC1(C)C/C(=N\O)c2ccc(-c3ccc(F)c(F)c3)cc21. The molecule has 0 aromatic heterocycles. The Morgan fingerprint density at radius 2 is 1.67 bits per heavy atom. The van der Waals surface area contributed by atoms with Crippen molar-refractivity contribution in [3.8, 4) is 11.1 Å². The summed E-state index contributed by atoms with van der Waals surface area (Å²) in [5, 5.41) is 12.5. The van der Waals surface area contributed by atoms with Crippen molar-refractivity contribution < 1.29 is 14.0 Å². The zero-order valence-corrected chi connectivity index (χ0v) is 11.8. The van der Waals surface area contributed by atoms with Gasteiger partial charge < -0.3 is 5.21 Å². The summed E-state index contributed by atoms with van der Waals surface area (Å²) in [6.07, 6.45) is 0.653. The molecular weight excluding hydrogens is 272 g/mol. The number of hydrogen-bond donors (Lipinski definition) is 1. The van der Waals surface area contributed by atoms with Crippen molar-refractivity contribution in [1.82, 2.24) is 0 Å². The van der Waals surface area contributed by atoms with Crippen LogP contribution in [0.5, 0.6) is 0 Å². The zero-order chi connectivity index (χ0) is 15.2. The lowest BCUT2D eigenvalue weighted by Crippen LogP contribution is -2.12. The lowest BCUT2D eigenvalue weighted by molar-refractivity contribution is 0.317. The van der Waals surface area contributed by atoms with E-state index in [-0.39, 0.29) is 5.41 Å². The molecule has 0 spiro atoms. The van der Waals surface area contributed by atoms with Gasteiger partial charge in [0.2, 0.25) is 0 Å². The molecule has 0 amide bonds. The van der Waals surface area contributed by atoms with Crippen molar-refractivity contribution in [2.45, 2.75) is 25.7 Å². The largest absolute Gasteiger partial charge is 0.411 e. The van der Waals surface area contributed by atoms with Crippen molar-refractivity contribution in [1.29, 1.82) is 0 Å². The molecule has 0 heterocycles. The maximum absolute atomic E-state index is 13.4. The second-order valence-electron chi connectivity index (χ2n) is 6.00. The molecule has 0 saturated heterocycles. The highest BCUT2D eigenvalue weighted by Gasteiger charge is 2.34. The summed E-state index contributed by atoms with van der Waals surface area (Å²) in [6.45, 7) is 4.14. The number of halogens is 2. The van der Waals surface area contributed by atoms with Gasteiger partial charge in [0.25, 0.3) is 0 Å². The van der Waals surface area contributed by atoms with Gasteiger partial charge in [-0.25, -0.2) is 8.78 Å². The Morgan fingerprint density at radius 3 is 2.33 bits per heavy atom. The fraction of sp³-hybridized carbons (Fsp3) is 0.235. The molecule has 0 aliphatic heterocycles. The molecule has 2 aromatic rings. The van der Waals surface area contributed by atoms with Crippen molar-refractivity contribution in [2.75, 3.05) is 0 Å². The van der Waals surface area contributed by atoms with E-state index in [1.165, 1.54) is 6.07 Å². The van der Waals surface area contributed by atoms with E-state index in [2.05, 4.69) is 19.0 Å². The fourth-order valence-electron chi connectivity index (χ4n) is 2.91. The normalized spacial score (nSPS) is 18.0. The van der Waals surface area contributed by atoms with E-state index in [1.54, 1.807) is 6.07 Å². The van der Waals surface area contributed by atoms with Gasteiger partial charge in [0.05, 0.1) is 5.71 Å². The summed E-state index contributed by atoms with van der Waals surface area (Å²) in [7, 11) is 0. The summed E-state index contributed by atoms with van der Waals surface area (Å²) >= 11 is 0. The molecule has 4 heteroatoms. The quantitative estimate of drug-likeness (QED) is 0.608. The summed E-state index contributed by atoms with van der Waals surface area (Å²) in [5.41, 5.74) is 3.92. The van der Waals surface area contributed by atoms with Gasteiger partial charge in [0.15, 0.2) is 11.6 Å². The molecule has 0 unspecified atom stereocenters. The summed E-state index contributed by atoms with van der Waals surface area (Å²) in [4.78, 5) is 0. The lowest BCUT2D eigenvalue weighted by Gasteiger charge is -2.18. The summed E-state index contributed by atoms with van der Waals surface area (Å²) in [5.74, 6) is -1.71. The van der Waals surface area contributed by atoms with Crippen LogP contribution in [0.3, 0.4) is 0 Å². The Bertz CT molecular complexity index is 750. The minimum absolute atomic E-state index is 0.147. The van der Waals surface area contributed by atoms with Crippen molar-refractivity contribution in [3.05, 3.63) is 59.2 Å². The van der Waals surface area contributed by atoms with Crippen LogP contribution < -0.4 is 0 Å². The Hall–Kier alpha value is -2.23. The van der Waals surface area contributed by atoms with E-state index in [0.29, 0.717) is 17.7 Å². The molecule has 0 radical (unpaired) electrons. The van der Waals surface area contributed by atoms with Gasteiger partial charge in [-0.3, -0.25) is 0 Å². The van der Waals surface area contributed by atoms with Crippen LogP contribution in [0.15, 0.2) is 41.6 Å². The number of rotatable bonds is 1. The highest BCUT2D eigenvalue weighted by molar-refractivity contribution is 6.06. The first-order chi connectivity index (χ1) is 9.92. The van der Waals surface area contributed by atoms with E-state index in [4.69, 9.17) is 5.21 Å². The van der Waals surface area contributed by atoms with E-state index < -0.39 is 11.6 Å². The molecule has 2 aromatic carbocycles. The molecule has 1 N–H and O–H groups in total. The topological polar surface area (TPSA) is 32.6 Å². The number of fused-ring (bicyclic) bond motifs is 1. The Kier molecular flexibility index (Phi) is 3.04. The van der Waals surface area contributed by atoms with E-state index in [1.807, 2.05) is 18.2 Å². The monoisotopic (exact) mass is 287 g/mol. The van der Waals surface area contributed by atoms with Crippen LogP contribution in [-0.4, -0.2) is 10.9 Å². The van der Waals surface area contributed by atoms with Crippen LogP contribution in [-0.2, 0) is 5.41 Å². The number of nitrogens with zero attached hydrogens (tertiary/aromatic N) is 1. The molecule has 0 fully saturated rings. The minimum atomic E-state index is -0.857. The van der Waals surface area contributed by atoms with Gasteiger partial charge in [-0.15, -0.1) is 0 Å². The number of oxime groups is 1. The number of benzene rings is 2. The van der Waals surface area contributed by atoms with Crippen LogP contribution in [0.4, 0.5) is 8.78 Å². The zero-order valence-electron chi connectivity index (χ0n) is 11.8. The summed E-state index contributed by atoms with van der Waals surface area (Å²) < 4.78 is 26.4. The first-order valence-corrected chi connectivity index (χ1v) is 6.73. The van der Waals surface area contributed by atoms with Gasteiger partial charge in [0.1, 0.15) is 0 Å². The predicted molar refractivity (Wildman–Crippen MR) is 77.8 cm³/mol. The van der Waals surface area contributed by atoms with Gasteiger partial charge in [-0.1, -0.05) is 37.2 Å². The molecule has 2 nitrogen and oxygen atoms in total. The average molecular weight is 287 g/mol. The first-order valence-electron chi connectivity index (χ1n) is 6.73. The van der Waals surface area contributed by atoms with Gasteiger partial charge in [-0.2, -0.15) is 0 Å². The molecule has 1 aliphatic rings. The molecular formula is C17H15F2NO. The van der Waals surface area contributed by atoms with Gasteiger partial charge in [-0.05, 0) is 40.3 Å². The highest BCUT2D eigenvalue weighted by Crippen LogP contribution is 2.40. The minimum Gasteiger partial charge on any atom is -0.411 e. The second-order valence-corrected chi connectivity index (χ2v) is 6.00. The lowest BCUT2D eigenvalue weighted by atomic mass is 9.85. The Morgan fingerprint density at radius 1 is 1.00 bits per heavy atom. The standard InChI is InChI=1S/C17H15F2NO/c1-17(2)9-16(20-21)12-5-3-10(7-13(12)17)11-4-6-14(18)15(19)8-11/h3-8,21H,9H2,1-2H3/b20-16+. The van der Waals surface area contributed by atoms with Crippen LogP contribution >= 0.6 is 0 Å². The molecule has 108 valence electrons. The average Bonchev–Trinajstić information content (AvgIpc) is 2.73. The third-order valence-corrected chi connectivity index (χ3v) is 4.04. The van der Waals surface area contributed by atoms with E-state index in [9.17, 15) is 8.78 Å². The Labute approximate surface area is 121 Å². The van der Waals surface area contributed by atoms with Crippen LogP contribution in [0, 0.1) is 11.6 Å². The van der Waals surface area contributed by atoms with Crippen molar-refractivity contribution >= 4 is 5.71 Å². The molecule has 1 aliphatic carbocycles. The number of hydrogen-bond acceptors (Lipinski definition) is 2. The predicted octanol–water partition coefficient (Wildman–Crippen LogP) is 4.49. The van der Waals surface area contributed by atoms with Gasteiger partial charge in [0, 0.05) is 12.0 Å². The third-order valence-electron chi connectivity index (χ3n) is 4.04. The fourth-order valence-corrected chi connectivity index (χ4v) is 2.91. The van der Waals surface area contributed by atoms with Gasteiger partial charge >= 0.3 is 0 Å². The Balaban J connectivity index is 2.14. The van der Waals surface area contributed by atoms with E-state index in [0.717, 1.165) is 22.8 Å². The molecule has 0 saturated carbocycles. The van der Waals surface area contributed by atoms with Crippen LogP contribution in [0.1, 0.15) is 31.4 Å². The van der Waals surface area contributed by atoms with E-state index >= 15 is 0 Å². The highest BCUT2D eigenvalue weighted by atomic mass is 19.2. The first kappa shape index (κ1) is 13.7. The molecule has 3 rings (SSSR count). The van der Waals surface area contributed by atoms with Crippen LogP contribution in [0.25, 0.3) is 11.1 Å². The second kappa shape index (κ2) is 4.65. The van der Waals surface area contributed by atoms with Crippen molar-refractivity contribution in [2.24, 2.45) is 5.16 Å². The molecule has 0 atom stereocenters. The smallest absolute Gasteiger partial charge is 0.159 e.